The summed E-state index contributed by atoms with van der Waals surface area (Å²) in [5.74, 6) is -9.11. The van der Waals surface area contributed by atoms with Crippen molar-refractivity contribution >= 4 is 75.3 Å². The van der Waals surface area contributed by atoms with Crippen LogP contribution >= 0.6 is 23.2 Å². The number of methoxy groups -OCH3 is 1. The molecule has 2 aliphatic heterocycles. The minimum absolute atomic E-state index is 0.0167. The zero-order valence-electron chi connectivity index (χ0n) is 28.9. The van der Waals surface area contributed by atoms with Gasteiger partial charge < -0.3 is 14.7 Å². The van der Waals surface area contributed by atoms with Gasteiger partial charge in [0.1, 0.15) is 5.82 Å². The van der Waals surface area contributed by atoms with Crippen molar-refractivity contribution in [3.8, 4) is 11.5 Å². The summed E-state index contributed by atoms with van der Waals surface area (Å²) in [5, 5.41) is 34.4. The van der Waals surface area contributed by atoms with Crippen molar-refractivity contribution in [1.29, 1.82) is 0 Å². The molecule has 2 heterocycles. The number of carbonyl (C=O) groups is 4. The molecule has 3 fully saturated rings. The second-order valence-corrected chi connectivity index (χ2v) is 14.9. The number of rotatable bonds is 7. The second kappa shape index (κ2) is 12.8. The molecule has 0 unspecified atom stereocenters. The summed E-state index contributed by atoms with van der Waals surface area (Å²) in [4.78, 5) is 83.2. The quantitative estimate of drug-likeness (QED) is 0.125. The Morgan fingerprint density at radius 3 is 2.13 bits per heavy atom. The summed E-state index contributed by atoms with van der Waals surface area (Å²) in [7, 11) is 4.07. The fourth-order valence-electron chi connectivity index (χ4n) is 8.89. The van der Waals surface area contributed by atoms with Crippen LogP contribution in [-0.2, 0) is 19.2 Å². The van der Waals surface area contributed by atoms with Crippen LogP contribution in [-0.4, -0.2) is 59.8 Å². The maximum absolute atomic E-state index is 14.6. The number of nitrogens with zero attached hydrogens (tertiary/aromatic N) is 5. The van der Waals surface area contributed by atoms with Crippen molar-refractivity contribution in [1.82, 2.24) is 0 Å². The molecule has 4 amide bonds. The van der Waals surface area contributed by atoms with Crippen molar-refractivity contribution in [3.63, 3.8) is 0 Å². The average Bonchev–Trinajstić information content (AvgIpc) is 3.49. The lowest BCUT2D eigenvalue weighted by Gasteiger charge is -2.49. The Bertz CT molecular complexity index is 2250. The van der Waals surface area contributed by atoms with Crippen LogP contribution in [0.4, 0.5) is 32.8 Å². The number of ether oxygens (including phenoxy) is 1. The molecule has 3 aromatic rings. The van der Waals surface area contributed by atoms with Crippen LogP contribution in [0, 0.1) is 55.1 Å². The minimum Gasteiger partial charge on any atom is -0.503 e. The maximum Gasteiger partial charge on any atom is 0.301 e. The SMILES string of the molecule is COc1cc([C@H]2C3=CC[C@@H]4C(=O)N(c5cc([N+](=O)[O-])c(N(C)C)c([N+](=O)[O-])c5)C(=O)[C@@H]4[C@@H]3C[C@H]3C(=O)N(c4ccc(F)c(Cl)c4)C(=O)[C@@]23C)cc(Cl)c1O. The fraction of sp³-hybridized carbons (Fsp3) is 0.333. The standard InChI is InChI=1S/C36H30Cl2FN5O10/c1-36-21(33(47)42(35(36)49)16-5-8-24(39)22(37)11-16)14-20-18(29(36)15-9-23(38)31(45)27(10-15)54-4)6-7-19-28(20)34(48)41(32(19)46)17-12-25(43(50)51)30(40(2)3)26(13-17)44(52)53/h5-6,8-13,19-21,28-29,45H,7,14H2,1-4H3/t19-,20+,21-,28-,29-,36+/m0/s1. The molecule has 15 nitrogen and oxygen atoms in total. The lowest BCUT2D eigenvalue weighted by atomic mass is 9.51. The first kappa shape index (κ1) is 36.7. The highest BCUT2D eigenvalue weighted by Crippen LogP contribution is 2.64. The molecule has 280 valence electrons. The Morgan fingerprint density at radius 2 is 1.56 bits per heavy atom. The third kappa shape index (κ3) is 5.14. The van der Waals surface area contributed by atoms with E-state index in [2.05, 4.69) is 0 Å². The third-order valence-corrected chi connectivity index (χ3v) is 11.8. The number of phenolic OH excluding ortho intramolecular Hbond substituents is 1. The highest BCUT2D eigenvalue weighted by Gasteiger charge is 2.68. The first-order chi connectivity index (χ1) is 25.4. The van der Waals surface area contributed by atoms with Crippen LogP contribution in [0.5, 0.6) is 11.5 Å². The van der Waals surface area contributed by atoms with Crippen LogP contribution in [0.3, 0.4) is 0 Å². The maximum atomic E-state index is 14.6. The van der Waals surface area contributed by atoms with E-state index < -0.39 is 85.7 Å². The fourth-order valence-corrected chi connectivity index (χ4v) is 9.29. The lowest BCUT2D eigenvalue weighted by molar-refractivity contribution is -0.392. The Balaban J connectivity index is 1.39. The molecule has 2 saturated heterocycles. The largest absolute Gasteiger partial charge is 0.503 e. The monoisotopic (exact) mass is 781 g/mol. The van der Waals surface area contributed by atoms with E-state index in [1.807, 2.05) is 0 Å². The molecule has 3 aromatic carbocycles. The minimum atomic E-state index is -1.55. The average molecular weight is 783 g/mol. The Kier molecular flexibility index (Phi) is 8.68. The molecule has 0 radical (unpaired) electrons. The van der Waals surface area contributed by atoms with Gasteiger partial charge in [0.15, 0.2) is 17.2 Å². The summed E-state index contributed by atoms with van der Waals surface area (Å²) in [5.41, 5.74) is -2.72. The number of carbonyl (C=O) groups excluding carboxylic acids is 4. The number of benzene rings is 3. The summed E-state index contributed by atoms with van der Waals surface area (Å²) in [6, 6.07) is 8.20. The number of anilines is 3. The number of nitro groups is 2. The van der Waals surface area contributed by atoms with Crippen molar-refractivity contribution < 1.29 is 43.3 Å². The van der Waals surface area contributed by atoms with Gasteiger partial charge >= 0.3 is 11.4 Å². The number of fused-ring (bicyclic) bond motifs is 4. The van der Waals surface area contributed by atoms with Gasteiger partial charge in [-0.05, 0) is 61.6 Å². The van der Waals surface area contributed by atoms with Crippen molar-refractivity contribution in [3.05, 3.63) is 95.8 Å². The van der Waals surface area contributed by atoms with Crippen molar-refractivity contribution in [2.24, 2.45) is 29.1 Å². The molecule has 2 aliphatic carbocycles. The van der Waals surface area contributed by atoms with Gasteiger partial charge in [0.05, 0.1) is 61.5 Å². The van der Waals surface area contributed by atoms with E-state index in [-0.39, 0.29) is 51.4 Å². The van der Waals surface area contributed by atoms with Gasteiger partial charge in [-0.3, -0.25) is 39.4 Å². The van der Waals surface area contributed by atoms with E-state index in [1.54, 1.807) is 13.0 Å². The molecule has 0 spiro atoms. The molecule has 0 aromatic heterocycles. The predicted molar refractivity (Wildman–Crippen MR) is 192 cm³/mol. The van der Waals surface area contributed by atoms with E-state index in [9.17, 15) is 48.9 Å². The summed E-state index contributed by atoms with van der Waals surface area (Å²) < 4.78 is 19.6. The summed E-state index contributed by atoms with van der Waals surface area (Å²) in [6.07, 6.45) is 1.62. The van der Waals surface area contributed by atoms with Crippen LogP contribution in [0.1, 0.15) is 31.2 Å². The number of hydrogen-bond donors (Lipinski definition) is 1. The summed E-state index contributed by atoms with van der Waals surface area (Å²) >= 11 is 12.5. The third-order valence-electron chi connectivity index (χ3n) is 11.2. The molecule has 18 heteroatoms. The number of allylic oxidation sites excluding steroid dienone is 2. The van der Waals surface area contributed by atoms with Gasteiger partial charge in [-0.2, -0.15) is 0 Å². The van der Waals surface area contributed by atoms with Gasteiger partial charge in [0.25, 0.3) is 0 Å². The molecule has 54 heavy (non-hydrogen) atoms. The lowest BCUT2D eigenvalue weighted by Crippen LogP contribution is -2.48. The van der Waals surface area contributed by atoms with Gasteiger partial charge in [-0.1, -0.05) is 34.9 Å². The second-order valence-electron chi connectivity index (χ2n) is 14.1. The number of phenols is 1. The van der Waals surface area contributed by atoms with Crippen molar-refractivity contribution in [2.75, 3.05) is 35.9 Å². The normalized spacial score (nSPS) is 26.0. The van der Waals surface area contributed by atoms with E-state index in [0.717, 1.165) is 34.1 Å². The highest BCUT2D eigenvalue weighted by molar-refractivity contribution is 6.32. The van der Waals surface area contributed by atoms with Crippen LogP contribution < -0.4 is 19.4 Å². The zero-order valence-corrected chi connectivity index (χ0v) is 30.4. The molecule has 7 rings (SSSR count). The molecule has 4 aliphatic rings. The Hall–Kier alpha value is -5.61. The van der Waals surface area contributed by atoms with E-state index in [4.69, 9.17) is 27.9 Å². The van der Waals surface area contributed by atoms with Crippen molar-refractivity contribution in [2.45, 2.75) is 25.7 Å². The van der Waals surface area contributed by atoms with E-state index >= 15 is 0 Å². The predicted octanol–water partition coefficient (Wildman–Crippen LogP) is 6.16. The number of amides is 4. The first-order valence-electron chi connectivity index (χ1n) is 16.6. The van der Waals surface area contributed by atoms with Crippen LogP contribution in [0.25, 0.3) is 0 Å². The summed E-state index contributed by atoms with van der Waals surface area (Å²) in [6.45, 7) is 1.60. The van der Waals surface area contributed by atoms with E-state index in [1.165, 1.54) is 44.3 Å². The van der Waals surface area contributed by atoms with Gasteiger partial charge in [-0.25, -0.2) is 14.2 Å². The number of imide groups is 2. The van der Waals surface area contributed by atoms with Gasteiger partial charge in [0.2, 0.25) is 23.6 Å². The van der Waals surface area contributed by atoms with Gasteiger partial charge in [0, 0.05) is 32.1 Å². The molecular weight excluding hydrogens is 752 g/mol. The smallest absolute Gasteiger partial charge is 0.301 e. The number of aromatic hydroxyl groups is 1. The number of nitro benzene ring substituents is 2. The van der Waals surface area contributed by atoms with E-state index in [0.29, 0.717) is 11.1 Å². The number of halogens is 3. The van der Waals surface area contributed by atoms with Crippen LogP contribution in [0.2, 0.25) is 10.0 Å². The molecule has 0 bridgehead atoms. The molecular formula is C36H30Cl2FN5O10. The molecule has 1 saturated carbocycles. The first-order valence-corrected chi connectivity index (χ1v) is 17.3. The molecule has 6 atom stereocenters. The number of hydrogen-bond acceptors (Lipinski definition) is 11. The topological polar surface area (TPSA) is 194 Å². The Morgan fingerprint density at radius 1 is 0.907 bits per heavy atom. The van der Waals surface area contributed by atoms with Crippen LogP contribution in [0.15, 0.2) is 54.1 Å². The zero-order chi connectivity index (χ0) is 39.3. The van der Waals surface area contributed by atoms with Gasteiger partial charge in [-0.15, -0.1) is 0 Å². The highest BCUT2D eigenvalue weighted by atomic mass is 35.5. The molecule has 1 N–H and O–H groups in total. The Labute approximate surface area is 315 Å².